The summed E-state index contributed by atoms with van der Waals surface area (Å²) in [5.74, 6) is -1.11. The maximum Gasteiger partial charge on any atom is 0.244 e. The number of carbonyl (C=O) groups is 2. The van der Waals surface area contributed by atoms with Crippen LogP contribution in [0.15, 0.2) is 66.1 Å². The number of anilines is 2. The lowest BCUT2D eigenvalue weighted by Gasteiger charge is -2.24. The predicted molar refractivity (Wildman–Crippen MR) is 126 cm³/mol. The SMILES string of the molecule is CC(=O)N(c1nc(/C=C/C(=O)NCC(c2ccccc2)N(C)C)cs1)c1ccccc1F. The molecular weight excluding hydrogens is 427 g/mol. The Hall–Kier alpha value is -3.36. The fourth-order valence-corrected chi connectivity index (χ4v) is 4.03. The van der Waals surface area contributed by atoms with E-state index in [1.165, 1.54) is 41.4 Å². The molecule has 1 atom stereocenters. The first kappa shape index (κ1) is 23.3. The molecule has 0 radical (unpaired) electrons. The molecule has 1 heterocycles. The van der Waals surface area contributed by atoms with E-state index in [4.69, 9.17) is 0 Å². The van der Waals surface area contributed by atoms with Crippen molar-refractivity contribution in [3.8, 4) is 0 Å². The molecule has 0 saturated heterocycles. The summed E-state index contributed by atoms with van der Waals surface area (Å²) in [6, 6.07) is 16.0. The number of para-hydroxylation sites is 1. The van der Waals surface area contributed by atoms with E-state index >= 15 is 0 Å². The molecule has 1 unspecified atom stereocenters. The molecule has 2 amide bonds. The maximum atomic E-state index is 14.2. The minimum absolute atomic E-state index is 0.0457. The Balaban J connectivity index is 1.66. The van der Waals surface area contributed by atoms with Crippen molar-refractivity contribution in [2.45, 2.75) is 13.0 Å². The normalized spacial score (nSPS) is 12.2. The molecule has 166 valence electrons. The number of nitrogens with one attached hydrogen (secondary N) is 1. The van der Waals surface area contributed by atoms with Crippen LogP contribution in [0.25, 0.3) is 6.08 Å². The van der Waals surface area contributed by atoms with Gasteiger partial charge in [0.05, 0.1) is 17.4 Å². The number of rotatable bonds is 8. The van der Waals surface area contributed by atoms with E-state index < -0.39 is 5.82 Å². The minimum Gasteiger partial charge on any atom is -0.351 e. The van der Waals surface area contributed by atoms with Crippen LogP contribution in [0.2, 0.25) is 0 Å². The number of aromatic nitrogens is 1. The van der Waals surface area contributed by atoms with Crippen molar-refractivity contribution in [1.29, 1.82) is 0 Å². The van der Waals surface area contributed by atoms with E-state index in [0.717, 1.165) is 5.56 Å². The van der Waals surface area contributed by atoms with Gasteiger partial charge in [0.1, 0.15) is 5.82 Å². The summed E-state index contributed by atoms with van der Waals surface area (Å²) in [6.45, 7) is 1.80. The first-order valence-electron chi connectivity index (χ1n) is 10.0. The molecule has 2 aromatic carbocycles. The van der Waals surface area contributed by atoms with Crippen LogP contribution < -0.4 is 10.2 Å². The number of halogens is 1. The van der Waals surface area contributed by atoms with Gasteiger partial charge in [0.2, 0.25) is 11.8 Å². The summed E-state index contributed by atoms with van der Waals surface area (Å²) in [5.41, 5.74) is 1.76. The number of hydrogen-bond acceptors (Lipinski definition) is 5. The molecule has 3 rings (SSSR count). The molecule has 6 nitrogen and oxygen atoms in total. The van der Waals surface area contributed by atoms with E-state index in [0.29, 0.717) is 17.4 Å². The van der Waals surface area contributed by atoms with E-state index in [1.807, 2.05) is 49.3 Å². The average molecular weight is 453 g/mol. The van der Waals surface area contributed by atoms with Gasteiger partial charge in [-0.3, -0.25) is 14.5 Å². The van der Waals surface area contributed by atoms with Crippen LogP contribution in [-0.4, -0.2) is 42.3 Å². The molecule has 1 N–H and O–H groups in total. The van der Waals surface area contributed by atoms with Gasteiger partial charge in [-0.25, -0.2) is 9.37 Å². The van der Waals surface area contributed by atoms with Crippen molar-refractivity contribution in [2.24, 2.45) is 0 Å². The van der Waals surface area contributed by atoms with E-state index in [1.54, 1.807) is 23.6 Å². The Kier molecular flexibility index (Phi) is 7.86. The van der Waals surface area contributed by atoms with Crippen molar-refractivity contribution in [2.75, 3.05) is 25.5 Å². The lowest BCUT2D eigenvalue weighted by Crippen LogP contribution is -2.33. The van der Waals surface area contributed by atoms with Crippen molar-refractivity contribution in [1.82, 2.24) is 15.2 Å². The van der Waals surface area contributed by atoms with Crippen LogP contribution in [0.5, 0.6) is 0 Å². The van der Waals surface area contributed by atoms with Crippen molar-refractivity contribution in [3.63, 3.8) is 0 Å². The first-order valence-corrected chi connectivity index (χ1v) is 10.9. The summed E-state index contributed by atoms with van der Waals surface area (Å²) in [7, 11) is 3.93. The molecule has 32 heavy (non-hydrogen) atoms. The highest BCUT2D eigenvalue weighted by Crippen LogP contribution is 2.31. The zero-order valence-corrected chi connectivity index (χ0v) is 19.0. The number of hydrogen-bond donors (Lipinski definition) is 1. The molecule has 0 bridgehead atoms. The summed E-state index contributed by atoms with van der Waals surface area (Å²) in [5, 5.41) is 4.95. The number of carbonyl (C=O) groups excluding carboxylic acids is 2. The van der Waals surface area contributed by atoms with Gasteiger partial charge in [0.15, 0.2) is 5.13 Å². The largest absolute Gasteiger partial charge is 0.351 e. The second-order valence-corrected chi connectivity index (χ2v) is 8.17. The van der Waals surface area contributed by atoms with Gasteiger partial charge < -0.3 is 10.2 Å². The number of thiazole rings is 1. The number of likely N-dealkylation sites (N-methyl/N-ethyl adjacent to an activating group) is 1. The van der Waals surface area contributed by atoms with Gasteiger partial charge in [0.25, 0.3) is 0 Å². The lowest BCUT2D eigenvalue weighted by atomic mass is 10.1. The number of amides is 2. The monoisotopic (exact) mass is 452 g/mol. The Bertz CT molecular complexity index is 1100. The second-order valence-electron chi connectivity index (χ2n) is 7.33. The minimum atomic E-state index is -0.511. The third-order valence-corrected chi connectivity index (χ3v) is 5.64. The van der Waals surface area contributed by atoms with Crippen LogP contribution in [0, 0.1) is 5.82 Å². The van der Waals surface area contributed by atoms with Gasteiger partial charge in [-0.2, -0.15) is 0 Å². The third-order valence-electron chi connectivity index (χ3n) is 4.79. The van der Waals surface area contributed by atoms with Crippen molar-refractivity contribution in [3.05, 3.63) is 83.1 Å². The van der Waals surface area contributed by atoms with Crippen molar-refractivity contribution >= 4 is 40.0 Å². The third kappa shape index (κ3) is 5.87. The van der Waals surface area contributed by atoms with E-state index in [9.17, 15) is 14.0 Å². The van der Waals surface area contributed by atoms with Gasteiger partial charge in [-0.15, -0.1) is 11.3 Å². The molecule has 0 aliphatic carbocycles. The van der Waals surface area contributed by atoms with Gasteiger partial charge in [-0.1, -0.05) is 42.5 Å². The molecule has 0 aliphatic rings. The summed E-state index contributed by atoms with van der Waals surface area (Å²) in [6.07, 6.45) is 2.97. The number of benzene rings is 2. The summed E-state index contributed by atoms with van der Waals surface area (Å²) < 4.78 is 14.2. The van der Waals surface area contributed by atoms with Crippen molar-refractivity contribution < 1.29 is 14.0 Å². The Morgan fingerprint density at radius 3 is 2.47 bits per heavy atom. The Morgan fingerprint density at radius 1 is 1.12 bits per heavy atom. The molecule has 0 saturated carbocycles. The standard InChI is InChI=1S/C24H25FN4O2S/c1-17(30)29(21-12-8-7-11-20(21)25)24-27-19(16-32-24)13-14-23(31)26-15-22(28(2)3)18-9-5-4-6-10-18/h4-14,16,22H,15H2,1-3H3,(H,26,31)/b14-13+. The highest BCUT2D eigenvalue weighted by atomic mass is 32.1. The molecule has 1 aromatic heterocycles. The maximum absolute atomic E-state index is 14.2. The van der Waals surface area contributed by atoms with Gasteiger partial charge >= 0.3 is 0 Å². The summed E-state index contributed by atoms with van der Waals surface area (Å²) in [4.78, 5) is 32.1. The van der Waals surface area contributed by atoms with Crippen LogP contribution in [0.3, 0.4) is 0 Å². The highest BCUT2D eigenvalue weighted by molar-refractivity contribution is 7.14. The Morgan fingerprint density at radius 2 is 1.81 bits per heavy atom. The fraction of sp³-hybridized carbons (Fsp3) is 0.208. The molecule has 0 spiro atoms. The van der Waals surface area contributed by atoms with E-state index in [-0.39, 0.29) is 23.5 Å². The smallest absolute Gasteiger partial charge is 0.244 e. The van der Waals surface area contributed by atoms with Gasteiger partial charge in [-0.05, 0) is 37.9 Å². The molecular formula is C24H25FN4O2S. The van der Waals surface area contributed by atoms with Crippen LogP contribution in [-0.2, 0) is 9.59 Å². The zero-order chi connectivity index (χ0) is 23.1. The zero-order valence-electron chi connectivity index (χ0n) is 18.2. The number of nitrogens with zero attached hydrogens (tertiary/aromatic N) is 3. The average Bonchev–Trinajstić information content (AvgIpc) is 3.22. The molecule has 3 aromatic rings. The quantitative estimate of drug-likeness (QED) is 0.515. The van der Waals surface area contributed by atoms with Crippen LogP contribution in [0.1, 0.15) is 24.2 Å². The van der Waals surface area contributed by atoms with Crippen LogP contribution >= 0.6 is 11.3 Å². The predicted octanol–water partition coefficient (Wildman–Crippen LogP) is 4.40. The topological polar surface area (TPSA) is 65.5 Å². The molecule has 0 fully saturated rings. The Labute approximate surface area is 191 Å². The summed E-state index contributed by atoms with van der Waals surface area (Å²) >= 11 is 1.20. The molecule has 0 aliphatic heterocycles. The second kappa shape index (κ2) is 10.8. The highest BCUT2D eigenvalue weighted by Gasteiger charge is 2.20. The van der Waals surface area contributed by atoms with Gasteiger partial charge in [0, 0.05) is 24.9 Å². The lowest BCUT2D eigenvalue weighted by molar-refractivity contribution is -0.117. The molecule has 8 heteroatoms. The fourth-order valence-electron chi connectivity index (χ4n) is 3.19. The van der Waals surface area contributed by atoms with E-state index in [2.05, 4.69) is 10.3 Å². The van der Waals surface area contributed by atoms with Crippen LogP contribution in [0.4, 0.5) is 15.2 Å². The first-order chi connectivity index (χ1) is 15.4.